The summed E-state index contributed by atoms with van der Waals surface area (Å²) in [6.07, 6.45) is 4.18. The van der Waals surface area contributed by atoms with E-state index in [0.29, 0.717) is 18.9 Å². The Morgan fingerprint density at radius 2 is 1.95 bits per heavy atom. The zero-order valence-electron chi connectivity index (χ0n) is 11.5. The summed E-state index contributed by atoms with van der Waals surface area (Å²) in [5.74, 6) is 0.811. The molecule has 0 spiro atoms. The lowest BCUT2D eigenvalue weighted by Gasteiger charge is -2.35. The van der Waals surface area contributed by atoms with Crippen LogP contribution in [0.1, 0.15) is 39.0 Å². The molecule has 0 saturated heterocycles. The molecule has 0 bridgehead atoms. The second-order valence-corrected chi connectivity index (χ2v) is 5.68. The summed E-state index contributed by atoms with van der Waals surface area (Å²) in [5, 5.41) is 9.52. The quantitative estimate of drug-likeness (QED) is 0.879. The van der Waals surface area contributed by atoms with Crippen molar-refractivity contribution in [3.63, 3.8) is 0 Å². The largest absolute Gasteiger partial charge is 0.494 e. The molecule has 0 aromatic heterocycles. The number of para-hydroxylation sites is 1. The molecule has 0 heterocycles. The van der Waals surface area contributed by atoms with Crippen LogP contribution in [0.5, 0.6) is 5.75 Å². The van der Waals surface area contributed by atoms with Crippen LogP contribution in [0.15, 0.2) is 30.3 Å². The minimum Gasteiger partial charge on any atom is -0.494 e. The van der Waals surface area contributed by atoms with Crippen LogP contribution < -0.4 is 4.74 Å². The number of aliphatic carboxylic acids is 1. The summed E-state index contributed by atoms with van der Waals surface area (Å²) < 4.78 is 5.65. The smallest absolute Gasteiger partial charge is 0.309 e. The third kappa shape index (κ3) is 3.49. The summed E-state index contributed by atoms with van der Waals surface area (Å²) in [4.78, 5) is 11.6. The van der Waals surface area contributed by atoms with Gasteiger partial charge in [0.1, 0.15) is 5.75 Å². The molecule has 3 heteroatoms. The van der Waals surface area contributed by atoms with Crippen LogP contribution in [0, 0.1) is 11.3 Å². The molecule has 0 unspecified atom stereocenters. The fourth-order valence-corrected chi connectivity index (χ4v) is 2.77. The SMILES string of the molecule is CC1CCC(CCOc2ccccc2)(C(=O)O)CC1. The predicted octanol–water partition coefficient (Wildman–Crippen LogP) is 3.74. The van der Waals surface area contributed by atoms with Gasteiger partial charge in [-0.25, -0.2) is 0 Å². The van der Waals surface area contributed by atoms with Crippen LogP contribution in [-0.4, -0.2) is 17.7 Å². The van der Waals surface area contributed by atoms with Gasteiger partial charge in [0.05, 0.1) is 12.0 Å². The van der Waals surface area contributed by atoms with E-state index in [1.807, 2.05) is 30.3 Å². The maximum absolute atomic E-state index is 11.6. The zero-order chi connectivity index (χ0) is 13.7. The average Bonchev–Trinajstić information content (AvgIpc) is 2.42. The summed E-state index contributed by atoms with van der Waals surface area (Å²) in [6.45, 7) is 2.68. The summed E-state index contributed by atoms with van der Waals surface area (Å²) >= 11 is 0. The van der Waals surface area contributed by atoms with Crippen molar-refractivity contribution < 1.29 is 14.6 Å². The van der Waals surface area contributed by atoms with Gasteiger partial charge < -0.3 is 9.84 Å². The lowest BCUT2D eigenvalue weighted by atomic mass is 9.69. The monoisotopic (exact) mass is 262 g/mol. The fourth-order valence-electron chi connectivity index (χ4n) is 2.77. The summed E-state index contributed by atoms with van der Waals surface area (Å²) in [5.41, 5.74) is -0.568. The molecule has 3 nitrogen and oxygen atoms in total. The number of hydrogen-bond donors (Lipinski definition) is 1. The number of carboxylic acid groups (broad SMARTS) is 1. The van der Waals surface area contributed by atoms with Crippen molar-refractivity contribution in [1.29, 1.82) is 0 Å². The van der Waals surface area contributed by atoms with Gasteiger partial charge in [0.2, 0.25) is 0 Å². The molecular formula is C16H22O3. The highest BCUT2D eigenvalue weighted by molar-refractivity contribution is 5.74. The van der Waals surface area contributed by atoms with Gasteiger partial charge in [0, 0.05) is 0 Å². The Bertz CT molecular complexity index is 405. The van der Waals surface area contributed by atoms with Crippen molar-refractivity contribution in [2.24, 2.45) is 11.3 Å². The molecule has 1 aromatic carbocycles. The Morgan fingerprint density at radius 1 is 1.32 bits per heavy atom. The second kappa shape index (κ2) is 6.09. The number of ether oxygens (including phenoxy) is 1. The van der Waals surface area contributed by atoms with Crippen molar-refractivity contribution in [1.82, 2.24) is 0 Å². The van der Waals surface area contributed by atoms with Crippen molar-refractivity contribution in [2.45, 2.75) is 39.0 Å². The fraction of sp³-hybridized carbons (Fsp3) is 0.562. The Balaban J connectivity index is 1.89. The first-order valence-electron chi connectivity index (χ1n) is 7.04. The number of hydrogen-bond acceptors (Lipinski definition) is 2. The number of carboxylic acids is 1. The standard InChI is InChI=1S/C16H22O3/c1-13-7-9-16(10-8-13,15(17)18)11-12-19-14-5-3-2-4-6-14/h2-6,13H,7-12H2,1H3,(H,17,18). The Labute approximate surface area is 114 Å². The second-order valence-electron chi connectivity index (χ2n) is 5.68. The molecule has 1 aliphatic carbocycles. The molecule has 0 aliphatic heterocycles. The van der Waals surface area contributed by atoms with E-state index in [0.717, 1.165) is 31.4 Å². The molecule has 1 aliphatic rings. The highest BCUT2D eigenvalue weighted by atomic mass is 16.5. The van der Waals surface area contributed by atoms with E-state index in [1.165, 1.54) is 0 Å². The van der Waals surface area contributed by atoms with Gasteiger partial charge >= 0.3 is 5.97 Å². The number of carbonyl (C=O) groups is 1. The lowest BCUT2D eigenvalue weighted by molar-refractivity contribution is -0.152. The molecule has 104 valence electrons. The van der Waals surface area contributed by atoms with Crippen molar-refractivity contribution in [3.8, 4) is 5.75 Å². The van der Waals surface area contributed by atoms with Crippen LogP contribution in [0.25, 0.3) is 0 Å². The van der Waals surface area contributed by atoms with Gasteiger partial charge in [-0.1, -0.05) is 25.1 Å². The molecule has 1 N–H and O–H groups in total. The normalized spacial score (nSPS) is 26.9. The summed E-state index contributed by atoms with van der Waals surface area (Å²) in [7, 11) is 0. The Hall–Kier alpha value is -1.51. The Morgan fingerprint density at radius 3 is 2.53 bits per heavy atom. The first kappa shape index (κ1) is 13.9. The third-order valence-corrected chi connectivity index (χ3v) is 4.28. The van der Waals surface area contributed by atoms with E-state index in [9.17, 15) is 9.90 Å². The van der Waals surface area contributed by atoms with E-state index < -0.39 is 11.4 Å². The minimum atomic E-state index is -0.656. The van der Waals surface area contributed by atoms with Crippen LogP contribution >= 0.6 is 0 Å². The number of rotatable bonds is 5. The zero-order valence-corrected chi connectivity index (χ0v) is 11.5. The predicted molar refractivity (Wildman–Crippen MR) is 74.3 cm³/mol. The molecule has 19 heavy (non-hydrogen) atoms. The molecule has 0 atom stereocenters. The third-order valence-electron chi connectivity index (χ3n) is 4.28. The van der Waals surface area contributed by atoms with E-state index >= 15 is 0 Å². The lowest BCUT2D eigenvalue weighted by Crippen LogP contribution is -2.36. The highest BCUT2D eigenvalue weighted by Gasteiger charge is 2.40. The molecule has 1 saturated carbocycles. The topological polar surface area (TPSA) is 46.5 Å². The molecule has 1 aromatic rings. The van der Waals surface area contributed by atoms with Gasteiger partial charge in [-0.2, -0.15) is 0 Å². The van der Waals surface area contributed by atoms with Crippen LogP contribution in [0.3, 0.4) is 0 Å². The maximum atomic E-state index is 11.6. The molecule has 2 rings (SSSR count). The highest BCUT2D eigenvalue weighted by Crippen LogP contribution is 2.41. The van der Waals surface area contributed by atoms with E-state index in [4.69, 9.17) is 4.74 Å². The van der Waals surface area contributed by atoms with Crippen LogP contribution in [0.4, 0.5) is 0 Å². The van der Waals surface area contributed by atoms with Gasteiger partial charge in [0.15, 0.2) is 0 Å². The maximum Gasteiger partial charge on any atom is 0.309 e. The van der Waals surface area contributed by atoms with Crippen molar-refractivity contribution in [3.05, 3.63) is 30.3 Å². The van der Waals surface area contributed by atoms with Crippen LogP contribution in [0.2, 0.25) is 0 Å². The Kier molecular flexibility index (Phi) is 4.46. The van der Waals surface area contributed by atoms with Gasteiger partial charge in [-0.15, -0.1) is 0 Å². The molecule has 0 radical (unpaired) electrons. The van der Waals surface area contributed by atoms with E-state index in [2.05, 4.69) is 6.92 Å². The summed E-state index contributed by atoms with van der Waals surface area (Å²) in [6, 6.07) is 9.58. The first-order chi connectivity index (χ1) is 9.12. The van der Waals surface area contributed by atoms with Gasteiger partial charge in [-0.3, -0.25) is 4.79 Å². The van der Waals surface area contributed by atoms with E-state index in [1.54, 1.807) is 0 Å². The van der Waals surface area contributed by atoms with E-state index in [-0.39, 0.29) is 0 Å². The first-order valence-corrected chi connectivity index (χ1v) is 7.04. The minimum absolute atomic E-state index is 0.477. The van der Waals surface area contributed by atoms with Gasteiger partial charge in [0.25, 0.3) is 0 Å². The average molecular weight is 262 g/mol. The van der Waals surface area contributed by atoms with Crippen molar-refractivity contribution in [2.75, 3.05) is 6.61 Å². The molecule has 1 fully saturated rings. The number of benzene rings is 1. The van der Waals surface area contributed by atoms with Crippen molar-refractivity contribution >= 4 is 5.97 Å². The van der Waals surface area contributed by atoms with Crippen LogP contribution in [-0.2, 0) is 4.79 Å². The molecule has 0 amide bonds. The van der Waals surface area contributed by atoms with Gasteiger partial charge in [-0.05, 0) is 50.2 Å². The molecular weight excluding hydrogens is 240 g/mol.